The molecule has 1 unspecified atom stereocenters. The van der Waals surface area contributed by atoms with E-state index in [1.54, 1.807) is 0 Å². The van der Waals surface area contributed by atoms with Crippen molar-refractivity contribution >= 4 is 45.6 Å². The number of amides is 1. The van der Waals surface area contributed by atoms with Crippen molar-refractivity contribution < 1.29 is 19.5 Å². The molecule has 1 aliphatic heterocycles. The van der Waals surface area contributed by atoms with Crippen molar-refractivity contribution in [1.82, 2.24) is 5.01 Å². The van der Waals surface area contributed by atoms with Gasteiger partial charge in [0, 0.05) is 19.1 Å². The van der Waals surface area contributed by atoms with Gasteiger partial charge in [0.1, 0.15) is 5.04 Å². The maximum Gasteiger partial charge on any atom is 0.339 e. The topological polar surface area (TPSA) is 87.0 Å². The highest BCUT2D eigenvalue weighted by Gasteiger charge is 2.38. The first-order chi connectivity index (χ1) is 10.5. The van der Waals surface area contributed by atoms with Crippen LogP contribution < -0.4 is 0 Å². The molecule has 118 valence electrons. The fourth-order valence-corrected chi connectivity index (χ4v) is 3.59. The molecule has 0 aromatic rings. The largest absolute Gasteiger partial charge is 0.479 e. The van der Waals surface area contributed by atoms with E-state index >= 15 is 0 Å². The molecule has 0 saturated carbocycles. The maximum atomic E-state index is 12.2. The zero-order valence-electron chi connectivity index (χ0n) is 12.0. The van der Waals surface area contributed by atoms with Gasteiger partial charge in [0.15, 0.2) is 5.12 Å². The maximum absolute atomic E-state index is 12.2. The number of allylic oxidation sites excluding steroid dienone is 3. The second kappa shape index (κ2) is 7.64. The molecule has 0 bridgehead atoms. The highest BCUT2D eigenvalue weighted by atomic mass is 32.2. The fourth-order valence-electron chi connectivity index (χ4n) is 1.99. The molecular formula is C14H16N2O4S2. The second-order valence-electron chi connectivity index (χ2n) is 4.70. The molecule has 0 aromatic heterocycles. The van der Waals surface area contributed by atoms with E-state index in [4.69, 9.17) is 0 Å². The van der Waals surface area contributed by atoms with Crippen LogP contribution in [0.1, 0.15) is 26.2 Å². The monoisotopic (exact) mass is 340 g/mol. The molecular weight excluding hydrogens is 324 g/mol. The Labute approximate surface area is 136 Å². The van der Waals surface area contributed by atoms with Crippen molar-refractivity contribution in [2.24, 2.45) is 5.10 Å². The molecule has 2 aliphatic rings. The van der Waals surface area contributed by atoms with Gasteiger partial charge < -0.3 is 5.11 Å². The van der Waals surface area contributed by atoms with Crippen LogP contribution in [0, 0.1) is 0 Å². The molecule has 1 aliphatic carbocycles. The van der Waals surface area contributed by atoms with Crippen LogP contribution in [0.15, 0.2) is 28.9 Å². The zero-order chi connectivity index (χ0) is 16.1. The lowest BCUT2D eigenvalue weighted by atomic mass is 10.1. The molecule has 1 atom stereocenters. The molecule has 1 amide bonds. The number of hydrogen-bond donors (Lipinski definition) is 1. The third kappa shape index (κ3) is 4.23. The molecule has 0 fully saturated rings. The molecule has 22 heavy (non-hydrogen) atoms. The number of thioether (sulfide) groups is 2. The molecule has 2 rings (SSSR count). The van der Waals surface area contributed by atoms with Gasteiger partial charge >= 0.3 is 5.97 Å². The van der Waals surface area contributed by atoms with Gasteiger partial charge in [0.25, 0.3) is 0 Å². The van der Waals surface area contributed by atoms with Crippen molar-refractivity contribution in [2.75, 3.05) is 5.75 Å². The van der Waals surface area contributed by atoms with Crippen molar-refractivity contribution in [3.8, 4) is 0 Å². The molecule has 1 N–H and O–H groups in total. The summed E-state index contributed by atoms with van der Waals surface area (Å²) in [6.07, 6.45) is 7.59. The van der Waals surface area contributed by atoms with Crippen LogP contribution in [0.2, 0.25) is 0 Å². The summed E-state index contributed by atoms with van der Waals surface area (Å²) in [5.74, 6) is -1.14. The van der Waals surface area contributed by atoms with E-state index in [1.165, 1.54) is 6.92 Å². The van der Waals surface area contributed by atoms with Gasteiger partial charge in [0.2, 0.25) is 11.3 Å². The van der Waals surface area contributed by atoms with Crippen LogP contribution in [0.5, 0.6) is 0 Å². The van der Waals surface area contributed by atoms with Gasteiger partial charge in [-0.15, -0.1) is 0 Å². The fraction of sp³-hybridized carbons (Fsp3) is 0.429. The summed E-state index contributed by atoms with van der Waals surface area (Å²) in [5.41, 5.74) is 0.951. The van der Waals surface area contributed by atoms with Gasteiger partial charge in [-0.1, -0.05) is 41.8 Å². The van der Waals surface area contributed by atoms with Crippen molar-refractivity contribution in [2.45, 2.75) is 31.6 Å². The van der Waals surface area contributed by atoms with E-state index in [0.29, 0.717) is 10.8 Å². The minimum Gasteiger partial charge on any atom is -0.479 e. The lowest BCUT2D eigenvalue weighted by Crippen LogP contribution is -2.36. The van der Waals surface area contributed by atoms with E-state index in [1.807, 2.05) is 18.2 Å². The average Bonchev–Trinajstić information content (AvgIpc) is 2.93. The molecule has 0 saturated heterocycles. The first-order valence-electron chi connectivity index (χ1n) is 6.78. The summed E-state index contributed by atoms with van der Waals surface area (Å²) in [5, 5.41) is 14.0. The molecule has 6 nitrogen and oxygen atoms in total. The van der Waals surface area contributed by atoms with Crippen LogP contribution in [0.3, 0.4) is 0 Å². The molecule has 1 heterocycles. The van der Waals surface area contributed by atoms with Crippen LogP contribution in [-0.2, 0) is 14.4 Å². The van der Waals surface area contributed by atoms with Gasteiger partial charge in [-0.2, -0.15) is 5.10 Å². The summed E-state index contributed by atoms with van der Waals surface area (Å²) >= 11 is 2.13. The van der Waals surface area contributed by atoms with Crippen LogP contribution >= 0.6 is 23.5 Å². The van der Waals surface area contributed by atoms with Crippen LogP contribution in [0.25, 0.3) is 0 Å². The first kappa shape index (κ1) is 16.8. The average molecular weight is 340 g/mol. The van der Waals surface area contributed by atoms with E-state index in [0.717, 1.165) is 46.9 Å². The van der Waals surface area contributed by atoms with Crippen LogP contribution in [0.4, 0.5) is 0 Å². The Morgan fingerprint density at radius 3 is 2.86 bits per heavy atom. The summed E-state index contributed by atoms with van der Waals surface area (Å²) in [6.45, 7) is 1.43. The Hall–Kier alpha value is -1.54. The lowest BCUT2D eigenvalue weighted by Gasteiger charge is -2.16. The minimum atomic E-state index is -1.09. The Morgan fingerprint density at radius 2 is 2.27 bits per heavy atom. The molecule has 0 radical (unpaired) electrons. The number of aliphatic carboxylic acids is 1. The molecule has 8 heteroatoms. The van der Waals surface area contributed by atoms with Gasteiger partial charge in [0.05, 0.1) is 0 Å². The second-order valence-corrected chi connectivity index (χ2v) is 7.04. The van der Waals surface area contributed by atoms with Gasteiger partial charge in [-0.05, 0) is 18.4 Å². The third-order valence-electron chi connectivity index (χ3n) is 3.02. The quantitative estimate of drug-likeness (QED) is 0.826. The summed E-state index contributed by atoms with van der Waals surface area (Å²) in [6, 6.07) is 0. The van der Waals surface area contributed by atoms with Crippen molar-refractivity contribution in [3.05, 3.63) is 23.8 Å². The van der Waals surface area contributed by atoms with E-state index in [-0.39, 0.29) is 17.4 Å². The number of carbonyl (C=O) groups excluding carboxylic acids is 2. The number of nitrogens with zero attached hydrogens (tertiary/aromatic N) is 2. The third-order valence-corrected chi connectivity index (χ3v) is 5.03. The van der Waals surface area contributed by atoms with Crippen LogP contribution in [-0.4, -0.2) is 43.3 Å². The number of carboxylic acid groups (broad SMARTS) is 1. The number of carboxylic acids is 1. The number of hydrogen-bond acceptors (Lipinski definition) is 6. The van der Waals surface area contributed by atoms with E-state index in [9.17, 15) is 19.5 Å². The highest BCUT2D eigenvalue weighted by molar-refractivity contribution is 8.15. The van der Waals surface area contributed by atoms with Gasteiger partial charge in [-0.3, -0.25) is 9.59 Å². The highest BCUT2D eigenvalue weighted by Crippen LogP contribution is 2.33. The normalized spacial score (nSPS) is 20.6. The standard InChI is InChI=1S/C14H16N2O4S2/c1-9(17)21-8-7-11(18)16-13(14(19)20)22-12(15-16)10-5-3-2-4-6-10/h2-3,5,13H,4,6-8H2,1H3,(H,19,20). The SMILES string of the molecule is CC(=O)SCCC(=O)N1N=C(C2=CC=CCC2)SC1C(=O)O. The minimum absolute atomic E-state index is 0.0679. The predicted octanol–water partition coefficient (Wildman–Crippen LogP) is 2.23. The smallest absolute Gasteiger partial charge is 0.339 e. The summed E-state index contributed by atoms with van der Waals surface area (Å²) < 4.78 is 0. The number of rotatable bonds is 5. The predicted molar refractivity (Wildman–Crippen MR) is 87.5 cm³/mol. The Morgan fingerprint density at radius 1 is 1.50 bits per heavy atom. The van der Waals surface area contributed by atoms with Crippen molar-refractivity contribution in [1.29, 1.82) is 0 Å². The molecule has 0 spiro atoms. The van der Waals surface area contributed by atoms with E-state index < -0.39 is 11.3 Å². The van der Waals surface area contributed by atoms with Crippen molar-refractivity contribution in [3.63, 3.8) is 0 Å². The lowest BCUT2D eigenvalue weighted by molar-refractivity contribution is -0.145. The molecule has 0 aromatic carbocycles. The Kier molecular flexibility index (Phi) is 5.84. The zero-order valence-corrected chi connectivity index (χ0v) is 13.7. The van der Waals surface area contributed by atoms with Gasteiger partial charge in [-0.25, -0.2) is 9.80 Å². The van der Waals surface area contributed by atoms with E-state index in [2.05, 4.69) is 5.10 Å². The summed E-state index contributed by atoms with van der Waals surface area (Å²) in [7, 11) is 0. The summed E-state index contributed by atoms with van der Waals surface area (Å²) in [4.78, 5) is 34.4. The Bertz CT molecular complexity index is 583. The Balaban J connectivity index is 2.08. The number of hydrazone groups is 1. The number of carbonyl (C=O) groups is 3. The first-order valence-corrected chi connectivity index (χ1v) is 8.65.